The van der Waals surface area contributed by atoms with Crippen molar-refractivity contribution in [2.75, 3.05) is 34.7 Å². The second kappa shape index (κ2) is 8.13. The van der Waals surface area contributed by atoms with Crippen molar-refractivity contribution in [2.24, 2.45) is 17.5 Å². The number of nitrogens with one attached hydrogen (secondary N) is 1. The molecule has 0 saturated heterocycles. The zero-order valence-electron chi connectivity index (χ0n) is 16.0. The van der Waals surface area contributed by atoms with E-state index in [0.29, 0.717) is 13.1 Å². The van der Waals surface area contributed by atoms with E-state index in [1.165, 1.54) is 0 Å². The maximum absolute atomic E-state index is 12.7. The molecule has 25 heavy (non-hydrogen) atoms. The van der Waals surface area contributed by atoms with E-state index in [0.717, 1.165) is 42.4 Å². The van der Waals surface area contributed by atoms with Gasteiger partial charge in [-0.3, -0.25) is 9.79 Å². The summed E-state index contributed by atoms with van der Waals surface area (Å²) in [6, 6.07) is 1.96. The Hall–Kier alpha value is -1.69. The van der Waals surface area contributed by atoms with Gasteiger partial charge in [0.15, 0.2) is 5.96 Å². The topological polar surface area (TPSA) is 52.9 Å². The number of aromatic nitrogens is 1. The molecule has 2 rings (SSSR count). The molecule has 1 aliphatic carbocycles. The molecule has 0 unspecified atom stereocenters. The summed E-state index contributed by atoms with van der Waals surface area (Å²) in [4.78, 5) is 20.8. The van der Waals surface area contributed by atoms with Crippen molar-refractivity contribution in [3.05, 3.63) is 23.0 Å². The minimum absolute atomic E-state index is 0.213. The van der Waals surface area contributed by atoms with Gasteiger partial charge in [0.25, 0.3) is 0 Å². The van der Waals surface area contributed by atoms with E-state index < -0.39 is 0 Å². The summed E-state index contributed by atoms with van der Waals surface area (Å²) in [5.74, 6) is 1.000. The third-order valence-electron chi connectivity index (χ3n) is 5.05. The molecule has 1 saturated carbocycles. The van der Waals surface area contributed by atoms with Crippen molar-refractivity contribution in [1.29, 1.82) is 0 Å². The fourth-order valence-corrected chi connectivity index (χ4v) is 3.94. The maximum atomic E-state index is 12.7. The van der Waals surface area contributed by atoms with Crippen molar-refractivity contribution < 1.29 is 4.79 Å². The molecule has 1 aromatic rings. The van der Waals surface area contributed by atoms with E-state index in [-0.39, 0.29) is 11.3 Å². The first-order valence-corrected chi connectivity index (χ1v) is 9.11. The first-order chi connectivity index (χ1) is 11.8. The van der Waals surface area contributed by atoms with Gasteiger partial charge >= 0.3 is 0 Å². The standard InChI is InChI=1S/C18H30ClN5O/c1-20-17(24(5)12-15-10-14(19)11-23(15)4)21-13-18(8-6-7-9-18)16(25)22(2)3/h10-11H,6-9,12-13H2,1-5H3,(H,20,21). The second-order valence-electron chi connectivity index (χ2n) is 7.20. The third-order valence-corrected chi connectivity index (χ3v) is 5.26. The van der Waals surface area contributed by atoms with Gasteiger partial charge in [-0.25, -0.2) is 0 Å². The van der Waals surface area contributed by atoms with Crippen molar-refractivity contribution >= 4 is 23.5 Å². The first-order valence-electron chi connectivity index (χ1n) is 8.73. The predicted octanol–water partition coefficient (Wildman–Crippen LogP) is 2.33. The van der Waals surface area contributed by atoms with Crippen LogP contribution >= 0.6 is 11.6 Å². The van der Waals surface area contributed by atoms with Crippen molar-refractivity contribution in [2.45, 2.75) is 32.2 Å². The molecule has 1 aliphatic rings. The summed E-state index contributed by atoms with van der Waals surface area (Å²) in [6.45, 7) is 1.31. The molecule has 1 aromatic heterocycles. The molecule has 0 aromatic carbocycles. The molecule has 0 bridgehead atoms. The highest BCUT2D eigenvalue weighted by Gasteiger charge is 2.42. The van der Waals surface area contributed by atoms with Crippen LogP contribution in [0.1, 0.15) is 31.4 Å². The summed E-state index contributed by atoms with van der Waals surface area (Å²) in [5, 5.41) is 4.15. The lowest BCUT2D eigenvalue weighted by Crippen LogP contribution is -2.49. The summed E-state index contributed by atoms with van der Waals surface area (Å²) in [5.41, 5.74) is 0.796. The number of carbonyl (C=O) groups is 1. The molecular formula is C18H30ClN5O. The summed E-state index contributed by atoms with van der Waals surface area (Å²) in [6.07, 6.45) is 5.98. The lowest BCUT2D eigenvalue weighted by atomic mass is 9.84. The molecule has 1 N–H and O–H groups in total. The van der Waals surface area contributed by atoms with E-state index in [2.05, 4.69) is 15.2 Å². The largest absolute Gasteiger partial charge is 0.355 e. The van der Waals surface area contributed by atoms with E-state index >= 15 is 0 Å². The summed E-state index contributed by atoms with van der Waals surface area (Å²) >= 11 is 6.07. The molecule has 1 heterocycles. The number of amides is 1. The van der Waals surface area contributed by atoms with Gasteiger partial charge < -0.3 is 19.7 Å². The Balaban J connectivity index is 2.03. The maximum Gasteiger partial charge on any atom is 0.230 e. The number of rotatable bonds is 5. The summed E-state index contributed by atoms with van der Waals surface area (Å²) < 4.78 is 2.01. The SMILES string of the molecule is CN=C(NCC1(C(=O)N(C)C)CCCC1)N(C)Cc1cc(Cl)cn1C. The van der Waals surface area contributed by atoms with Crippen LogP contribution in [0.4, 0.5) is 0 Å². The Labute approximate surface area is 155 Å². The van der Waals surface area contributed by atoms with Crippen LogP contribution in [0.2, 0.25) is 5.02 Å². The Morgan fingerprint density at radius 2 is 2.00 bits per heavy atom. The molecule has 1 amide bonds. The molecule has 0 radical (unpaired) electrons. The zero-order valence-corrected chi connectivity index (χ0v) is 16.7. The Morgan fingerprint density at radius 3 is 2.48 bits per heavy atom. The summed E-state index contributed by atoms with van der Waals surface area (Å²) in [7, 11) is 9.41. The van der Waals surface area contributed by atoms with Crippen molar-refractivity contribution in [1.82, 2.24) is 19.7 Å². The number of carbonyl (C=O) groups excluding carboxylic acids is 1. The van der Waals surface area contributed by atoms with Crippen LogP contribution in [-0.4, -0.2) is 61.0 Å². The molecular weight excluding hydrogens is 338 g/mol. The average Bonchev–Trinajstić information content (AvgIpc) is 3.15. The number of guanidine groups is 1. The van der Waals surface area contributed by atoms with Crippen molar-refractivity contribution in [3.63, 3.8) is 0 Å². The van der Waals surface area contributed by atoms with Gasteiger partial charge in [0.2, 0.25) is 5.91 Å². The molecule has 1 fully saturated rings. The minimum Gasteiger partial charge on any atom is -0.355 e. The number of hydrogen-bond donors (Lipinski definition) is 1. The van der Waals surface area contributed by atoms with Crippen LogP contribution in [0.25, 0.3) is 0 Å². The monoisotopic (exact) mass is 367 g/mol. The Kier molecular flexibility index (Phi) is 6.38. The first kappa shape index (κ1) is 19.6. The van der Waals surface area contributed by atoms with Gasteiger partial charge in [-0.2, -0.15) is 0 Å². The molecule has 0 spiro atoms. The van der Waals surface area contributed by atoms with Crippen LogP contribution < -0.4 is 5.32 Å². The van der Waals surface area contributed by atoms with Gasteiger partial charge in [0.1, 0.15) is 0 Å². The number of hydrogen-bond acceptors (Lipinski definition) is 2. The quantitative estimate of drug-likeness (QED) is 0.642. The molecule has 140 valence electrons. The minimum atomic E-state index is -0.311. The lowest BCUT2D eigenvalue weighted by Gasteiger charge is -2.32. The van der Waals surface area contributed by atoms with E-state index in [1.54, 1.807) is 11.9 Å². The van der Waals surface area contributed by atoms with Gasteiger partial charge in [0.05, 0.1) is 17.0 Å². The smallest absolute Gasteiger partial charge is 0.230 e. The Bertz CT molecular complexity index is 631. The fraction of sp³-hybridized carbons (Fsp3) is 0.667. The predicted molar refractivity (Wildman–Crippen MR) is 103 cm³/mol. The van der Waals surface area contributed by atoms with Crippen LogP contribution in [0.5, 0.6) is 0 Å². The van der Waals surface area contributed by atoms with E-state index in [9.17, 15) is 4.79 Å². The average molecular weight is 368 g/mol. The van der Waals surface area contributed by atoms with E-state index in [1.807, 2.05) is 45.0 Å². The highest BCUT2D eigenvalue weighted by Crippen LogP contribution is 2.38. The fourth-order valence-electron chi connectivity index (χ4n) is 3.67. The molecule has 7 heteroatoms. The lowest BCUT2D eigenvalue weighted by molar-refractivity contribution is -0.138. The molecule has 0 atom stereocenters. The normalized spacial score (nSPS) is 16.8. The highest BCUT2D eigenvalue weighted by atomic mass is 35.5. The van der Waals surface area contributed by atoms with Crippen LogP contribution in [0.15, 0.2) is 17.3 Å². The van der Waals surface area contributed by atoms with Gasteiger partial charge in [-0.1, -0.05) is 24.4 Å². The molecule has 6 nitrogen and oxygen atoms in total. The zero-order chi connectivity index (χ0) is 18.6. The van der Waals surface area contributed by atoms with Crippen LogP contribution in [0, 0.1) is 5.41 Å². The van der Waals surface area contributed by atoms with Crippen molar-refractivity contribution in [3.8, 4) is 0 Å². The van der Waals surface area contributed by atoms with Crippen LogP contribution in [-0.2, 0) is 18.4 Å². The Morgan fingerprint density at radius 1 is 1.36 bits per heavy atom. The van der Waals surface area contributed by atoms with Gasteiger partial charge in [-0.05, 0) is 18.9 Å². The van der Waals surface area contributed by atoms with Gasteiger partial charge in [0, 0.05) is 53.7 Å². The molecule has 0 aliphatic heterocycles. The highest BCUT2D eigenvalue weighted by molar-refractivity contribution is 6.30. The number of aryl methyl sites for hydroxylation is 1. The number of aliphatic imine (C=N–C) groups is 1. The van der Waals surface area contributed by atoms with Gasteiger partial charge in [-0.15, -0.1) is 0 Å². The number of halogens is 1. The third kappa shape index (κ3) is 4.48. The van der Waals surface area contributed by atoms with Crippen LogP contribution in [0.3, 0.4) is 0 Å². The van der Waals surface area contributed by atoms with E-state index in [4.69, 9.17) is 11.6 Å². The second-order valence-corrected chi connectivity index (χ2v) is 7.64. The number of nitrogens with zero attached hydrogens (tertiary/aromatic N) is 4.